The molecule has 27 heavy (non-hydrogen) atoms. The maximum Gasteiger partial charge on any atom is 0.361 e. The molecule has 142 valence electrons. The lowest BCUT2D eigenvalue weighted by Crippen LogP contribution is -3.61. The Morgan fingerprint density at radius 2 is 1.81 bits per heavy atom. The van der Waals surface area contributed by atoms with Gasteiger partial charge in [0.15, 0.2) is 9.26 Å². The number of benzene rings is 2. The zero-order valence-electron chi connectivity index (χ0n) is 15.2. The van der Waals surface area contributed by atoms with E-state index in [-0.39, 0.29) is 5.97 Å². The summed E-state index contributed by atoms with van der Waals surface area (Å²) in [5, 5.41) is 10.0. The van der Waals surface area contributed by atoms with Crippen molar-refractivity contribution in [3.05, 3.63) is 65.8 Å². The fourth-order valence-corrected chi connectivity index (χ4v) is 5.80. The maximum atomic E-state index is 12.5. The van der Waals surface area contributed by atoms with Gasteiger partial charge in [-0.25, -0.2) is 4.79 Å². The van der Waals surface area contributed by atoms with Crippen molar-refractivity contribution in [3.8, 4) is 0 Å². The van der Waals surface area contributed by atoms with Gasteiger partial charge in [0, 0.05) is 17.5 Å². The first kappa shape index (κ1) is 21.4. The van der Waals surface area contributed by atoms with Crippen molar-refractivity contribution in [1.82, 2.24) is 4.57 Å². The SMILES string of the molecule is CC(=O)[O-].CCOC(=O)c1c([I+]c2ccccc2)c2cc(Br)ccc2n1C. The molecule has 0 amide bonds. The van der Waals surface area contributed by atoms with Gasteiger partial charge in [0.05, 0.1) is 17.5 Å². The van der Waals surface area contributed by atoms with Crippen LogP contribution in [0.3, 0.4) is 0 Å². The van der Waals surface area contributed by atoms with E-state index in [0.717, 1.165) is 25.9 Å². The fourth-order valence-electron chi connectivity index (χ4n) is 2.48. The second-order valence-electron chi connectivity index (χ2n) is 5.49. The highest BCUT2D eigenvalue weighted by molar-refractivity contribution is 9.10. The largest absolute Gasteiger partial charge is 0.550 e. The Morgan fingerprint density at radius 3 is 2.41 bits per heavy atom. The highest BCUT2D eigenvalue weighted by Gasteiger charge is 2.32. The van der Waals surface area contributed by atoms with Crippen LogP contribution in [0.1, 0.15) is 24.3 Å². The molecule has 3 aromatic rings. The molecule has 5 nitrogen and oxygen atoms in total. The molecule has 0 radical (unpaired) electrons. The molecule has 2 aromatic carbocycles. The highest BCUT2D eigenvalue weighted by Crippen LogP contribution is 2.23. The fraction of sp³-hybridized carbons (Fsp3) is 0.200. The number of ether oxygens (including phenoxy) is 1. The minimum atomic E-state index is -1.08. The van der Waals surface area contributed by atoms with E-state index in [4.69, 9.17) is 14.6 Å². The number of rotatable bonds is 4. The molecule has 0 saturated heterocycles. The van der Waals surface area contributed by atoms with Gasteiger partial charge in [-0.15, -0.1) is 0 Å². The molecule has 3 rings (SSSR count). The number of hydrogen-bond donors (Lipinski definition) is 0. The smallest absolute Gasteiger partial charge is 0.361 e. The number of esters is 1. The van der Waals surface area contributed by atoms with Crippen LogP contribution in [0.2, 0.25) is 0 Å². The number of carboxylic acids is 1. The summed E-state index contributed by atoms with van der Waals surface area (Å²) in [6.07, 6.45) is 0. The van der Waals surface area contributed by atoms with E-state index in [1.165, 1.54) is 3.57 Å². The number of carbonyl (C=O) groups is 2. The number of hydrogen-bond acceptors (Lipinski definition) is 4. The molecule has 0 N–H and O–H groups in total. The Balaban J connectivity index is 0.000000596. The van der Waals surface area contributed by atoms with Crippen LogP contribution in [0.25, 0.3) is 10.9 Å². The normalized spacial score (nSPS) is 10.2. The number of halogens is 2. The zero-order valence-corrected chi connectivity index (χ0v) is 18.9. The quantitative estimate of drug-likeness (QED) is 0.343. The summed E-state index contributed by atoms with van der Waals surface area (Å²) in [7, 11) is 1.93. The summed E-state index contributed by atoms with van der Waals surface area (Å²) >= 11 is 3.07. The molecule has 0 bridgehead atoms. The summed E-state index contributed by atoms with van der Waals surface area (Å²) in [6.45, 7) is 3.19. The molecule has 1 aromatic heterocycles. The van der Waals surface area contributed by atoms with E-state index in [9.17, 15) is 4.79 Å². The number of nitrogens with zero attached hydrogens (tertiary/aromatic N) is 1. The first-order chi connectivity index (χ1) is 12.8. The van der Waals surface area contributed by atoms with E-state index < -0.39 is 27.2 Å². The van der Waals surface area contributed by atoms with Gasteiger partial charge in [-0.1, -0.05) is 34.1 Å². The van der Waals surface area contributed by atoms with Crippen molar-refractivity contribution in [3.63, 3.8) is 0 Å². The van der Waals surface area contributed by atoms with Gasteiger partial charge in [-0.05, 0) is 44.2 Å². The van der Waals surface area contributed by atoms with Crippen LogP contribution in [-0.4, -0.2) is 23.1 Å². The third-order valence-corrected chi connectivity index (χ3v) is 6.97. The molecule has 0 saturated carbocycles. The van der Waals surface area contributed by atoms with E-state index in [0.29, 0.717) is 12.3 Å². The van der Waals surface area contributed by atoms with Gasteiger partial charge < -0.3 is 19.2 Å². The van der Waals surface area contributed by atoms with Gasteiger partial charge in [0.2, 0.25) is 3.57 Å². The van der Waals surface area contributed by atoms with Crippen LogP contribution in [0.4, 0.5) is 0 Å². The van der Waals surface area contributed by atoms with Crippen molar-refractivity contribution in [2.75, 3.05) is 6.61 Å². The second kappa shape index (κ2) is 9.89. The van der Waals surface area contributed by atoms with E-state index >= 15 is 0 Å². The monoisotopic (exact) mass is 543 g/mol. The van der Waals surface area contributed by atoms with Crippen molar-refractivity contribution in [1.29, 1.82) is 0 Å². The Bertz CT molecular complexity index is 950. The topological polar surface area (TPSA) is 71.4 Å². The minimum absolute atomic E-state index is 0.243. The molecule has 0 spiro atoms. The van der Waals surface area contributed by atoms with Crippen molar-refractivity contribution in [2.45, 2.75) is 13.8 Å². The van der Waals surface area contributed by atoms with Gasteiger partial charge >= 0.3 is 27.2 Å². The Labute approximate surface area is 176 Å². The average Bonchev–Trinajstić information content (AvgIpc) is 2.87. The third kappa shape index (κ3) is 5.55. The van der Waals surface area contributed by atoms with Crippen LogP contribution in [0.5, 0.6) is 0 Å². The van der Waals surface area contributed by atoms with Crippen LogP contribution < -0.4 is 26.3 Å². The molecule has 0 aliphatic heterocycles. The summed E-state index contributed by atoms with van der Waals surface area (Å²) in [6, 6.07) is 16.5. The Morgan fingerprint density at radius 1 is 1.19 bits per heavy atom. The lowest BCUT2D eigenvalue weighted by molar-refractivity contribution is -0.595. The molecule has 0 aliphatic rings. The molecular weight excluding hydrogens is 525 g/mol. The van der Waals surface area contributed by atoms with Crippen LogP contribution in [0, 0.1) is 7.14 Å². The first-order valence-electron chi connectivity index (χ1n) is 8.17. The number of fused-ring (bicyclic) bond motifs is 1. The molecule has 0 unspecified atom stereocenters. The number of aryl methyl sites for hydroxylation is 1. The maximum absolute atomic E-state index is 12.5. The predicted octanol–water partition coefficient (Wildman–Crippen LogP) is 0.00210. The predicted molar refractivity (Wildman–Crippen MR) is 101 cm³/mol. The van der Waals surface area contributed by atoms with E-state index in [1.54, 1.807) is 0 Å². The van der Waals surface area contributed by atoms with Gasteiger partial charge in [-0.2, -0.15) is 0 Å². The molecule has 1 heterocycles. The van der Waals surface area contributed by atoms with E-state index in [1.807, 2.05) is 48.9 Å². The zero-order chi connectivity index (χ0) is 20.0. The second-order valence-corrected chi connectivity index (χ2v) is 9.26. The number of aromatic nitrogens is 1. The Hall–Kier alpha value is -1.87. The number of aliphatic carboxylic acids is 1. The summed E-state index contributed by atoms with van der Waals surface area (Å²) < 4.78 is 10.7. The van der Waals surface area contributed by atoms with Crippen LogP contribution in [-0.2, 0) is 16.6 Å². The van der Waals surface area contributed by atoms with Crippen LogP contribution in [0.15, 0.2) is 53.0 Å². The molecule has 0 aliphatic carbocycles. The standard InChI is InChI=1S/C18H16BrINO2.C2H4O2/c1-3-23-18(22)17-16(20-13-7-5-4-6-8-13)14-11-12(19)9-10-15(14)21(17)2;1-2(3)4/h4-11H,3H2,1-2H3;1H3,(H,3,4)/q+1;/p-1. The first-order valence-corrected chi connectivity index (χ1v) is 11.1. The lowest BCUT2D eigenvalue weighted by Gasteiger charge is -2.02. The summed E-state index contributed by atoms with van der Waals surface area (Å²) in [4.78, 5) is 21.4. The van der Waals surface area contributed by atoms with Crippen molar-refractivity contribution in [2.24, 2.45) is 7.05 Å². The minimum Gasteiger partial charge on any atom is -0.550 e. The van der Waals surface area contributed by atoms with Crippen molar-refractivity contribution >= 4 is 38.8 Å². The number of carboxylic acid groups (broad SMARTS) is 1. The van der Waals surface area contributed by atoms with Crippen molar-refractivity contribution < 1.29 is 40.6 Å². The Kier molecular flexibility index (Phi) is 7.85. The van der Waals surface area contributed by atoms with Crippen LogP contribution >= 0.6 is 15.9 Å². The molecule has 0 atom stereocenters. The average molecular weight is 544 g/mol. The summed E-state index contributed by atoms with van der Waals surface area (Å²) in [5.74, 6) is -1.33. The molecular formula is C20H19BrINO4. The molecule has 0 fully saturated rings. The highest BCUT2D eigenvalue weighted by atomic mass is 127. The van der Waals surface area contributed by atoms with Gasteiger partial charge in [0.1, 0.15) is 0 Å². The molecule has 7 heteroatoms. The summed E-state index contributed by atoms with van der Waals surface area (Å²) in [5.41, 5.74) is 1.73. The third-order valence-electron chi connectivity index (χ3n) is 3.51. The van der Waals surface area contributed by atoms with E-state index in [2.05, 4.69) is 34.1 Å². The van der Waals surface area contributed by atoms with Gasteiger partial charge in [0.25, 0.3) is 0 Å². The van der Waals surface area contributed by atoms with Gasteiger partial charge in [-0.3, -0.25) is 0 Å². The number of carbonyl (C=O) groups excluding carboxylic acids is 2. The lowest BCUT2D eigenvalue weighted by atomic mass is 10.2.